The Balaban J connectivity index is -0.0000000467. The van der Waals surface area contributed by atoms with Crippen LogP contribution in [0.1, 0.15) is 6.85 Å². The minimum atomic E-state index is -5.97. The molecule has 0 amide bonds. The van der Waals surface area contributed by atoms with Gasteiger partial charge in [0.25, 0.3) is 0 Å². The molecule has 0 radical (unpaired) electrons. The summed E-state index contributed by atoms with van der Waals surface area (Å²) in [5.74, 6) is 0. The number of aliphatic hydroxyl groups is 2. The van der Waals surface area contributed by atoms with Crippen LogP contribution in [0.3, 0.4) is 0 Å². The van der Waals surface area contributed by atoms with Crippen LogP contribution in [0, 0.1) is 0 Å². The maximum Gasteiger partial charge on any atom is 1.00 e. The van der Waals surface area contributed by atoms with Crippen molar-refractivity contribution < 1.29 is 122 Å². The van der Waals surface area contributed by atoms with E-state index in [2.05, 4.69) is 4.52 Å². The van der Waals surface area contributed by atoms with Crippen molar-refractivity contribution in [3.63, 3.8) is 0 Å². The molecule has 14 heteroatoms. The van der Waals surface area contributed by atoms with Crippen molar-refractivity contribution >= 4 is 7.82 Å². The summed E-state index contributed by atoms with van der Waals surface area (Å²) < 4.78 is 46.3. The maximum atomic E-state index is 10.1. The predicted octanol–water partition coefficient (Wildman–Crippen LogP) is -12.9. The van der Waals surface area contributed by atoms with Gasteiger partial charge in [0.1, 0.15) is 6.08 Å². The molecule has 0 heterocycles. The number of hydrogen-bond acceptors (Lipinski definition) is 6. The van der Waals surface area contributed by atoms with E-state index >= 15 is 0 Å². The molecule has 102 valence electrons. The molecule has 0 aromatic heterocycles. The van der Waals surface area contributed by atoms with Crippen LogP contribution >= 0.6 is 7.82 Å². The fraction of sp³-hybridized carbons (Fsp3) is 1.00. The van der Waals surface area contributed by atoms with Gasteiger partial charge in [-0.1, -0.05) is 0 Å². The smallest absolute Gasteiger partial charge is 0.790 e. The van der Waals surface area contributed by atoms with Crippen LogP contribution < -0.4 is 68.9 Å². The van der Waals surface area contributed by atoms with Gasteiger partial charge in [-0.2, -0.15) is 0 Å². The molecule has 0 rings (SSSR count). The van der Waals surface area contributed by atoms with E-state index in [1.807, 2.05) is 0 Å². The van der Waals surface area contributed by atoms with Crippen LogP contribution in [0.4, 0.5) is 0 Å². The molecular formula is C3H17Na2O11P. The van der Waals surface area contributed by atoms with Crippen LogP contribution in [0.25, 0.3) is 0 Å². The Kier molecular flexibility index (Phi) is 37.1. The maximum absolute atomic E-state index is 10.1. The topological polar surface area (TPSA) is 270 Å². The standard InChI is InChI=1S/C3H9O6P.2Na.5H2O/c4-1-3(2-5)9-10(6,7)8;;;;;;;/h3-5H,1-2H2,(H2,6,7,8);;;5*1H2/q;2*+1;;;;;/p-2/i1D2,2D2,3D;;;;;;;. The number of phosphoric acid groups is 1. The van der Waals surface area contributed by atoms with E-state index in [0.29, 0.717) is 0 Å². The van der Waals surface area contributed by atoms with Gasteiger partial charge in [0.2, 0.25) is 0 Å². The second-order valence-electron chi connectivity index (χ2n) is 1.09. The first-order valence-corrected chi connectivity index (χ1v) is 3.34. The van der Waals surface area contributed by atoms with Gasteiger partial charge in [0.05, 0.1) is 27.8 Å². The van der Waals surface area contributed by atoms with Crippen molar-refractivity contribution in [2.24, 2.45) is 0 Å². The minimum absolute atomic E-state index is 0. The minimum Gasteiger partial charge on any atom is -0.790 e. The first kappa shape index (κ1) is 23.9. The van der Waals surface area contributed by atoms with E-state index in [4.69, 9.17) is 17.1 Å². The van der Waals surface area contributed by atoms with Gasteiger partial charge in [-0.05, 0) is 0 Å². The monoisotopic (exact) mass is 311 g/mol. The Labute approximate surface area is 149 Å². The summed E-state index contributed by atoms with van der Waals surface area (Å²) in [5.41, 5.74) is 0. The van der Waals surface area contributed by atoms with Gasteiger partial charge in [0, 0.05) is 0 Å². The third-order valence-electron chi connectivity index (χ3n) is 0.406. The van der Waals surface area contributed by atoms with Gasteiger partial charge in [0.15, 0.2) is 0 Å². The van der Waals surface area contributed by atoms with Crippen molar-refractivity contribution in [1.82, 2.24) is 0 Å². The van der Waals surface area contributed by atoms with E-state index in [9.17, 15) is 14.4 Å². The Morgan fingerprint density at radius 3 is 1.41 bits per heavy atom. The molecule has 0 saturated heterocycles. The van der Waals surface area contributed by atoms with Crippen molar-refractivity contribution in [3.05, 3.63) is 0 Å². The van der Waals surface area contributed by atoms with Gasteiger partial charge >= 0.3 is 59.1 Å². The fourth-order valence-electron chi connectivity index (χ4n) is 0.178. The van der Waals surface area contributed by atoms with E-state index in [0.717, 1.165) is 0 Å². The molecule has 12 N–H and O–H groups in total. The van der Waals surface area contributed by atoms with Crippen LogP contribution in [-0.4, -0.2) is 56.8 Å². The normalized spacial score (nSPS) is 14.0. The number of rotatable bonds is 4. The molecule has 0 spiro atoms. The zero-order chi connectivity index (χ0) is 12.7. The van der Waals surface area contributed by atoms with Crippen LogP contribution in [0.15, 0.2) is 0 Å². The number of hydrogen-bond donors (Lipinski definition) is 2. The fourth-order valence-corrected chi connectivity index (χ4v) is 0.483. The summed E-state index contributed by atoms with van der Waals surface area (Å²) in [6.45, 7) is -7.81. The quantitative estimate of drug-likeness (QED) is 0.375. The van der Waals surface area contributed by atoms with Gasteiger partial charge in [-0.3, -0.25) is 0 Å². The van der Waals surface area contributed by atoms with E-state index in [1.165, 1.54) is 0 Å². The molecular weight excluding hydrogens is 289 g/mol. The molecule has 0 fully saturated rings. The first-order valence-electron chi connectivity index (χ1n) is 4.38. The largest absolute Gasteiger partial charge is 1.00 e. The molecule has 11 nitrogen and oxygen atoms in total. The molecule has 0 atom stereocenters. The molecule has 17 heavy (non-hydrogen) atoms. The van der Waals surface area contributed by atoms with Gasteiger partial charge in [-0.15, -0.1) is 0 Å². The summed E-state index contributed by atoms with van der Waals surface area (Å²) in [5, 5.41) is 17.3. The Morgan fingerprint density at radius 2 is 1.35 bits per heavy atom. The van der Waals surface area contributed by atoms with Crippen LogP contribution in [0.5, 0.6) is 0 Å². The summed E-state index contributed by atoms with van der Waals surface area (Å²) in [6.07, 6.45) is -4.00. The third-order valence-corrected chi connectivity index (χ3v) is 0.812. The Morgan fingerprint density at radius 1 is 1.12 bits per heavy atom. The Bertz CT molecular complexity index is 276. The van der Waals surface area contributed by atoms with Crippen molar-refractivity contribution in [2.45, 2.75) is 6.08 Å². The Hall–Kier alpha value is 1.83. The molecule has 0 aromatic rings. The summed E-state index contributed by atoms with van der Waals surface area (Å²) >= 11 is 0. The van der Waals surface area contributed by atoms with Crippen molar-refractivity contribution in [3.8, 4) is 0 Å². The van der Waals surface area contributed by atoms with Crippen LogP contribution in [-0.2, 0) is 9.09 Å². The summed E-state index contributed by atoms with van der Waals surface area (Å²) in [6, 6.07) is 0. The average Bonchev–Trinajstić information content (AvgIpc) is 1.77. The van der Waals surface area contributed by atoms with Gasteiger partial charge < -0.3 is 56.5 Å². The predicted molar refractivity (Wildman–Crippen MR) is 44.7 cm³/mol. The summed E-state index contributed by atoms with van der Waals surface area (Å²) in [4.78, 5) is 20.2. The SMILES string of the molecule is O.O.O.O.O.[2H]C([2H])(O)C([2H])(OP(=O)([O-])[O-])C([2H])([2H])O.[Na+].[Na+]. The molecule has 0 bridgehead atoms. The molecule has 0 aliphatic carbocycles. The van der Waals surface area contributed by atoms with E-state index < -0.39 is 27.0 Å². The van der Waals surface area contributed by atoms with E-state index in [-0.39, 0.29) is 86.5 Å². The van der Waals surface area contributed by atoms with E-state index in [1.54, 1.807) is 0 Å². The zero-order valence-corrected chi connectivity index (χ0v) is 13.9. The van der Waals surface area contributed by atoms with Crippen molar-refractivity contribution in [1.29, 1.82) is 0 Å². The molecule has 0 aliphatic heterocycles. The average molecular weight is 311 g/mol. The van der Waals surface area contributed by atoms with Crippen LogP contribution in [0.2, 0.25) is 0 Å². The first-order chi connectivity index (χ1) is 6.21. The number of phosphoric ester groups is 1. The van der Waals surface area contributed by atoms with Crippen molar-refractivity contribution in [2.75, 3.05) is 13.1 Å². The summed E-state index contributed by atoms with van der Waals surface area (Å²) in [7, 11) is -5.97. The van der Waals surface area contributed by atoms with Gasteiger partial charge in [-0.25, -0.2) is 0 Å². The second-order valence-corrected chi connectivity index (χ2v) is 2.17. The zero-order valence-electron chi connectivity index (χ0n) is 14.0. The molecule has 0 saturated carbocycles. The molecule has 0 aliphatic rings. The second kappa shape index (κ2) is 26.4. The third kappa shape index (κ3) is 38.1. The molecule has 0 unspecified atom stereocenters. The molecule has 0 aromatic carbocycles.